The van der Waals surface area contributed by atoms with E-state index >= 15 is 0 Å². The molecule has 110 valence electrons. The van der Waals surface area contributed by atoms with Gasteiger partial charge in [0.2, 0.25) is 0 Å². The second-order valence-corrected chi connectivity index (χ2v) is 21.7. The zero-order chi connectivity index (χ0) is 14.6. The van der Waals surface area contributed by atoms with Gasteiger partial charge < -0.3 is 12.3 Å². The first-order chi connectivity index (χ1) is 7.89. The Bertz CT molecular complexity index is 253. The minimum Gasteiger partial charge on any atom is -0.442 e. The van der Waals surface area contributed by atoms with Gasteiger partial charge in [-0.05, 0) is 50.9 Å². The molecule has 1 atom stereocenters. The van der Waals surface area contributed by atoms with Gasteiger partial charge in [-0.25, -0.2) is 0 Å². The molecular weight excluding hydrogens is 292 g/mol. The zero-order valence-corrected chi connectivity index (χ0v) is 18.1. The summed E-state index contributed by atoms with van der Waals surface area (Å²) in [5, 5.41) is 0. The molecule has 0 radical (unpaired) electrons. The molecule has 0 aromatic carbocycles. The van der Waals surface area contributed by atoms with Gasteiger partial charge in [0.25, 0.3) is 0 Å². The van der Waals surface area contributed by atoms with E-state index in [1.807, 2.05) is 0 Å². The Morgan fingerprint density at radius 2 is 1.44 bits per heavy atom. The molecule has 0 aliphatic rings. The summed E-state index contributed by atoms with van der Waals surface area (Å²) in [5.41, 5.74) is 0.690. The van der Waals surface area contributed by atoms with Crippen LogP contribution in [0.5, 0.6) is 0 Å². The van der Waals surface area contributed by atoms with Crippen LogP contribution in [-0.2, 0) is 12.3 Å². The van der Waals surface area contributed by atoms with Gasteiger partial charge in [-0.2, -0.15) is 0 Å². The van der Waals surface area contributed by atoms with E-state index in [9.17, 15) is 0 Å². The Kier molecular flexibility index (Phi) is 7.25. The van der Waals surface area contributed by atoms with Crippen molar-refractivity contribution in [2.45, 2.75) is 71.6 Å². The average molecular weight is 325 g/mol. The topological polar surface area (TPSA) is 27.7 Å². The van der Waals surface area contributed by atoms with Crippen LogP contribution in [0.1, 0.15) is 20.8 Å². The Hall–Kier alpha value is 0.748. The van der Waals surface area contributed by atoms with Gasteiger partial charge >= 0.3 is 17.1 Å². The quantitative estimate of drug-likeness (QED) is 0.639. The van der Waals surface area contributed by atoms with Gasteiger partial charge in [-0.1, -0.05) is 20.8 Å². The van der Waals surface area contributed by atoms with Crippen molar-refractivity contribution < 1.29 is 12.3 Å². The summed E-state index contributed by atoms with van der Waals surface area (Å²) in [7, 11) is -6.05. The molecule has 0 saturated heterocycles. The summed E-state index contributed by atoms with van der Waals surface area (Å²) in [6.45, 7) is 19.8. The monoisotopic (exact) mass is 324 g/mol. The van der Waals surface area contributed by atoms with Gasteiger partial charge in [0, 0.05) is 0 Å². The molecule has 0 fully saturated rings. The predicted molar refractivity (Wildman–Crippen MR) is 89.8 cm³/mol. The van der Waals surface area contributed by atoms with Crippen LogP contribution in [0.15, 0.2) is 0 Å². The van der Waals surface area contributed by atoms with Crippen molar-refractivity contribution in [2.75, 3.05) is 0 Å². The number of hydrogen-bond donors (Lipinski definition) is 0. The highest BCUT2D eigenvalue weighted by Gasteiger charge is 2.40. The van der Waals surface area contributed by atoms with Crippen LogP contribution in [0, 0.1) is 0 Å². The summed E-state index contributed by atoms with van der Waals surface area (Å²) in [6.07, 6.45) is 0. The zero-order valence-electron chi connectivity index (χ0n) is 13.7. The molecule has 0 heterocycles. The van der Waals surface area contributed by atoms with E-state index in [-0.39, 0.29) is 0 Å². The first-order valence-electron chi connectivity index (χ1n) is 6.93. The first kappa shape index (κ1) is 18.7. The third kappa shape index (κ3) is 8.78. The normalized spacial score (nSPS) is 17.7. The van der Waals surface area contributed by atoms with Crippen molar-refractivity contribution in [2.24, 2.45) is 0 Å². The van der Waals surface area contributed by atoms with E-state index < -0.39 is 35.2 Å². The largest absolute Gasteiger partial charge is 0.442 e. The van der Waals surface area contributed by atoms with Gasteiger partial charge in [-0.15, -0.1) is 0 Å². The first-order valence-corrected chi connectivity index (χ1v) is 17.1. The van der Waals surface area contributed by atoms with Crippen LogP contribution in [0.3, 0.4) is 0 Å². The Morgan fingerprint density at radius 3 is 1.78 bits per heavy atom. The second-order valence-electron chi connectivity index (χ2n) is 6.91. The summed E-state index contributed by atoms with van der Waals surface area (Å²) in [6, 6.07) is 1.01. The maximum Gasteiger partial charge on any atom is 0.315 e. The third-order valence-corrected chi connectivity index (χ3v) is 15.5. The molecule has 0 saturated carbocycles. The highest BCUT2D eigenvalue weighted by molar-refractivity contribution is 6.87. The van der Waals surface area contributed by atoms with Crippen LogP contribution in [0.4, 0.5) is 0 Å². The lowest BCUT2D eigenvalue weighted by molar-refractivity contribution is 0.331. The predicted octanol–water partition coefficient (Wildman–Crippen LogP) is 3.58. The molecule has 0 N–H and O–H groups in total. The third-order valence-electron chi connectivity index (χ3n) is 2.38. The Morgan fingerprint density at radius 1 is 0.944 bits per heavy atom. The highest BCUT2D eigenvalue weighted by Crippen LogP contribution is 2.23. The van der Waals surface area contributed by atoms with Crippen molar-refractivity contribution in [3.8, 4) is 0 Å². The van der Waals surface area contributed by atoms with Gasteiger partial charge in [0.15, 0.2) is 18.1 Å². The molecule has 1 unspecified atom stereocenters. The lowest BCUT2D eigenvalue weighted by Gasteiger charge is -2.38. The van der Waals surface area contributed by atoms with Crippen LogP contribution >= 0.6 is 0 Å². The molecule has 0 spiro atoms. The Balaban J connectivity index is 4.58. The molecular formula is C11H32O3Si4. The fourth-order valence-electron chi connectivity index (χ4n) is 1.82. The van der Waals surface area contributed by atoms with E-state index in [1.54, 1.807) is 0 Å². The summed E-state index contributed by atoms with van der Waals surface area (Å²) >= 11 is 0. The van der Waals surface area contributed by atoms with Crippen molar-refractivity contribution in [3.63, 3.8) is 0 Å². The highest BCUT2D eigenvalue weighted by atomic mass is 28.5. The fourth-order valence-corrected chi connectivity index (χ4v) is 17.3. The molecule has 0 aromatic heterocycles. The van der Waals surface area contributed by atoms with Crippen molar-refractivity contribution in [1.29, 1.82) is 0 Å². The van der Waals surface area contributed by atoms with Gasteiger partial charge in [-0.3, -0.25) is 0 Å². The summed E-state index contributed by atoms with van der Waals surface area (Å²) < 4.78 is 18.9. The van der Waals surface area contributed by atoms with Crippen LogP contribution < -0.4 is 0 Å². The molecule has 0 aliphatic heterocycles. The fraction of sp³-hybridized carbons (Fsp3) is 1.00. The van der Waals surface area contributed by atoms with E-state index in [0.29, 0.717) is 5.54 Å². The van der Waals surface area contributed by atoms with Crippen LogP contribution in [-0.4, -0.2) is 35.2 Å². The van der Waals surface area contributed by atoms with Gasteiger partial charge in [0.05, 0.1) is 0 Å². The number of hydrogen-bond acceptors (Lipinski definition) is 3. The minimum atomic E-state index is -2.05. The lowest BCUT2D eigenvalue weighted by Crippen LogP contribution is -2.54. The van der Waals surface area contributed by atoms with Crippen LogP contribution in [0.2, 0.25) is 50.9 Å². The molecule has 0 aliphatic carbocycles. The van der Waals surface area contributed by atoms with Crippen LogP contribution in [0.25, 0.3) is 0 Å². The molecule has 0 rings (SSSR count). The summed E-state index contributed by atoms with van der Waals surface area (Å²) in [5.74, 6) is 0. The van der Waals surface area contributed by atoms with E-state index in [4.69, 9.17) is 12.3 Å². The maximum atomic E-state index is 6.40. The molecule has 7 heteroatoms. The average Bonchev–Trinajstić information content (AvgIpc) is 2.10. The second kappa shape index (κ2) is 6.96. The van der Waals surface area contributed by atoms with Crippen molar-refractivity contribution in [3.05, 3.63) is 0 Å². The molecule has 0 aromatic rings. The van der Waals surface area contributed by atoms with Crippen molar-refractivity contribution in [1.82, 2.24) is 0 Å². The Labute approximate surface area is 119 Å². The molecule has 18 heavy (non-hydrogen) atoms. The number of rotatable bonds is 8. The molecule has 0 amide bonds. The van der Waals surface area contributed by atoms with E-state index in [2.05, 4.69) is 60.1 Å². The lowest BCUT2D eigenvalue weighted by atomic mass is 10.6. The minimum absolute atomic E-state index is 0.465. The standard InChI is InChI=1S/C11H32O3Si4/c1-10-18(9,12-15-11(2)3)14-17(7,8)13-16(4,5)6/h11H,10,15H2,1-9H3. The SMILES string of the molecule is CC[Si](C)(O[SiH2]C(C)C)O[Si](C)(C)O[Si](C)(C)C. The van der Waals surface area contributed by atoms with E-state index in [0.717, 1.165) is 6.04 Å². The smallest absolute Gasteiger partial charge is 0.315 e. The van der Waals surface area contributed by atoms with E-state index in [1.165, 1.54) is 0 Å². The van der Waals surface area contributed by atoms with Crippen molar-refractivity contribution >= 4 is 35.2 Å². The molecule has 3 nitrogen and oxygen atoms in total. The maximum absolute atomic E-state index is 6.40. The molecule has 0 bridgehead atoms. The van der Waals surface area contributed by atoms with Gasteiger partial charge in [0.1, 0.15) is 0 Å². The summed E-state index contributed by atoms with van der Waals surface area (Å²) in [4.78, 5) is 0.